The first-order valence-electron chi connectivity index (χ1n) is 7.01. The molecule has 0 N–H and O–H groups in total. The molecule has 2 heterocycles. The molecule has 0 saturated carbocycles. The first kappa shape index (κ1) is 13.6. The van der Waals surface area contributed by atoms with E-state index in [4.69, 9.17) is 4.74 Å². The van der Waals surface area contributed by atoms with Gasteiger partial charge >= 0.3 is 5.97 Å². The van der Waals surface area contributed by atoms with Crippen molar-refractivity contribution >= 4 is 27.8 Å². The SMILES string of the molecule is COC(=O)c1cc2c3ccccc3n(C)c2c(C(C)C)n1. The van der Waals surface area contributed by atoms with Crippen molar-refractivity contribution in [3.8, 4) is 0 Å². The van der Waals surface area contributed by atoms with Gasteiger partial charge in [-0.05, 0) is 18.1 Å². The van der Waals surface area contributed by atoms with Gasteiger partial charge < -0.3 is 9.30 Å². The fourth-order valence-electron chi connectivity index (χ4n) is 2.84. The van der Waals surface area contributed by atoms with Gasteiger partial charge in [0, 0.05) is 23.3 Å². The molecule has 1 aromatic carbocycles. The number of nitrogens with zero attached hydrogens (tertiary/aromatic N) is 2. The van der Waals surface area contributed by atoms with Crippen LogP contribution in [-0.4, -0.2) is 22.6 Å². The van der Waals surface area contributed by atoms with E-state index >= 15 is 0 Å². The van der Waals surface area contributed by atoms with Gasteiger partial charge in [-0.1, -0.05) is 32.0 Å². The van der Waals surface area contributed by atoms with E-state index in [-0.39, 0.29) is 5.92 Å². The minimum Gasteiger partial charge on any atom is -0.464 e. The smallest absolute Gasteiger partial charge is 0.356 e. The van der Waals surface area contributed by atoms with Crippen molar-refractivity contribution in [3.05, 3.63) is 41.7 Å². The van der Waals surface area contributed by atoms with E-state index in [1.165, 1.54) is 7.11 Å². The average molecular weight is 282 g/mol. The summed E-state index contributed by atoms with van der Waals surface area (Å²) < 4.78 is 6.98. The fraction of sp³-hybridized carbons (Fsp3) is 0.294. The van der Waals surface area contributed by atoms with Gasteiger partial charge in [0.25, 0.3) is 0 Å². The maximum Gasteiger partial charge on any atom is 0.356 e. The minimum absolute atomic E-state index is 0.222. The van der Waals surface area contributed by atoms with Crippen LogP contribution in [0.15, 0.2) is 30.3 Å². The molecule has 0 aliphatic carbocycles. The van der Waals surface area contributed by atoms with E-state index in [1.807, 2.05) is 25.2 Å². The third-order valence-corrected chi connectivity index (χ3v) is 3.85. The molecule has 0 amide bonds. The molecule has 4 heteroatoms. The lowest BCUT2D eigenvalue weighted by Crippen LogP contribution is -2.08. The molecule has 0 radical (unpaired) electrons. The van der Waals surface area contributed by atoms with Crippen molar-refractivity contribution in [2.45, 2.75) is 19.8 Å². The number of pyridine rings is 1. The molecule has 3 aromatic rings. The van der Waals surface area contributed by atoms with Crippen LogP contribution in [0, 0.1) is 0 Å². The van der Waals surface area contributed by atoms with Gasteiger partial charge in [-0.25, -0.2) is 9.78 Å². The Morgan fingerprint density at radius 2 is 1.95 bits per heavy atom. The molecule has 0 aliphatic rings. The van der Waals surface area contributed by atoms with Crippen molar-refractivity contribution < 1.29 is 9.53 Å². The molecule has 2 aromatic heterocycles. The maximum absolute atomic E-state index is 11.9. The zero-order chi connectivity index (χ0) is 15.1. The Balaban J connectivity index is 2.49. The molecule has 0 aliphatic heterocycles. The van der Waals surface area contributed by atoms with E-state index in [9.17, 15) is 4.79 Å². The third kappa shape index (κ3) is 1.98. The zero-order valence-electron chi connectivity index (χ0n) is 12.7. The number of rotatable bonds is 2. The summed E-state index contributed by atoms with van der Waals surface area (Å²) in [5.74, 6) is -0.174. The summed E-state index contributed by atoms with van der Waals surface area (Å²) in [4.78, 5) is 16.4. The summed E-state index contributed by atoms with van der Waals surface area (Å²) >= 11 is 0. The number of ether oxygens (including phenoxy) is 1. The minimum atomic E-state index is -0.397. The lowest BCUT2D eigenvalue weighted by Gasteiger charge is -2.10. The van der Waals surface area contributed by atoms with Crippen LogP contribution in [0.3, 0.4) is 0 Å². The second-order valence-electron chi connectivity index (χ2n) is 5.51. The monoisotopic (exact) mass is 282 g/mol. The lowest BCUT2D eigenvalue weighted by atomic mass is 10.0. The summed E-state index contributed by atoms with van der Waals surface area (Å²) in [5, 5.41) is 2.18. The molecule has 0 spiro atoms. The highest BCUT2D eigenvalue weighted by molar-refractivity contribution is 6.10. The number of esters is 1. The highest BCUT2D eigenvalue weighted by Crippen LogP contribution is 2.33. The Hall–Kier alpha value is -2.36. The molecule has 0 atom stereocenters. The van der Waals surface area contributed by atoms with Crippen molar-refractivity contribution in [2.24, 2.45) is 7.05 Å². The molecule has 3 rings (SSSR count). The number of aryl methyl sites for hydroxylation is 1. The average Bonchev–Trinajstić information content (AvgIpc) is 2.79. The first-order valence-corrected chi connectivity index (χ1v) is 7.01. The first-order chi connectivity index (χ1) is 10.0. The zero-order valence-corrected chi connectivity index (χ0v) is 12.7. The number of benzene rings is 1. The van der Waals surface area contributed by atoms with E-state index in [2.05, 4.69) is 35.5 Å². The number of carbonyl (C=O) groups excluding carboxylic acids is 1. The predicted octanol–water partition coefficient (Wildman–Crippen LogP) is 3.64. The Kier molecular flexibility index (Phi) is 3.16. The van der Waals surface area contributed by atoms with Crippen molar-refractivity contribution in [2.75, 3.05) is 7.11 Å². The van der Waals surface area contributed by atoms with E-state index < -0.39 is 5.97 Å². The third-order valence-electron chi connectivity index (χ3n) is 3.85. The molecule has 0 fully saturated rings. The number of carbonyl (C=O) groups is 1. The highest BCUT2D eigenvalue weighted by Gasteiger charge is 2.19. The summed E-state index contributed by atoms with van der Waals surface area (Å²) in [5.41, 5.74) is 3.51. The van der Waals surface area contributed by atoms with Gasteiger partial charge in [0.1, 0.15) is 5.69 Å². The fourth-order valence-corrected chi connectivity index (χ4v) is 2.84. The van der Waals surface area contributed by atoms with Crippen LogP contribution in [0.2, 0.25) is 0 Å². The standard InChI is InChI=1S/C17H18N2O2/c1-10(2)15-16-12(9-13(18-15)17(20)21-4)11-7-5-6-8-14(11)19(16)3/h5-10H,1-4H3. The molecule has 0 bridgehead atoms. The number of hydrogen-bond donors (Lipinski definition) is 0. The van der Waals surface area contributed by atoms with Crippen LogP contribution in [0.1, 0.15) is 35.9 Å². The van der Waals surface area contributed by atoms with Gasteiger partial charge in [-0.15, -0.1) is 0 Å². The number of methoxy groups -OCH3 is 1. The van der Waals surface area contributed by atoms with Gasteiger partial charge in [0.05, 0.1) is 18.3 Å². The Morgan fingerprint density at radius 3 is 2.62 bits per heavy atom. The lowest BCUT2D eigenvalue weighted by molar-refractivity contribution is 0.0594. The molecule has 0 saturated heterocycles. The van der Waals surface area contributed by atoms with Gasteiger partial charge in [0.15, 0.2) is 0 Å². The molecule has 108 valence electrons. The van der Waals surface area contributed by atoms with Crippen molar-refractivity contribution in [1.82, 2.24) is 9.55 Å². The van der Waals surface area contributed by atoms with Gasteiger partial charge in [0.2, 0.25) is 0 Å². The van der Waals surface area contributed by atoms with Crippen LogP contribution < -0.4 is 0 Å². The number of para-hydroxylation sites is 1. The summed E-state index contributed by atoms with van der Waals surface area (Å²) in [6, 6.07) is 10.0. The Morgan fingerprint density at radius 1 is 1.24 bits per heavy atom. The van der Waals surface area contributed by atoms with Crippen LogP contribution in [-0.2, 0) is 11.8 Å². The van der Waals surface area contributed by atoms with E-state index in [0.29, 0.717) is 5.69 Å². The Labute approximate surface area is 123 Å². The number of aromatic nitrogens is 2. The van der Waals surface area contributed by atoms with E-state index in [0.717, 1.165) is 27.5 Å². The van der Waals surface area contributed by atoms with Crippen LogP contribution >= 0.6 is 0 Å². The molecule has 0 unspecified atom stereocenters. The topological polar surface area (TPSA) is 44.1 Å². The molecule has 21 heavy (non-hydrogen) atoms. The molecule has 4 nitrogen and oxygen atoms in total. The number of fused-ring (bicyclic) bond motifs is 3. The number of hydrogen-bond acceptors (Lipinski definition) is 3. The second-order valence-corrected chi connectivity index (χ2v) is 5.51. The molecular formula is C17H18N2O2. The second kappa shape index (κ2) is 4.88. The molecular weight excluding hydrogens is 264 g/mol. The van der Waals surface area contributed by atoms with Gasteiger partial charge in [-0.2, -0.15) is 0 Å². The highest BCUT2D eigenvalue weighted by atomic mass is 16.5. The van der Waals surface area contributed by atoms with Crippen LogP contribution in [0.25, 0.3) is 21.8 Å². The normalized spacial score (nSPS) is 11.5. The quantitative estimate of drug-likeness (QED) is 0.674. The van der Waals surface area contributed by atoms with Crippen molar-refractivity contribution in [1.29, 1.82) is 0 Å². The van der Waals surface area contributed by atoms with E-state index in [1.54, 1.807) is 0 Å². The predicted molar refractivity (Wildman–Crippen MR) is 83.6 cm³/mol. The van der Waals surface area contributed by atoms with Crippen LogP contribution in [0.4, 0.5) is 0 Å². The van der Waals surface area contributed by atoms with Gasteiger partial charge in [-0.3, -0.25) is 0 Å². The largest absolute Gasteiger partial charge is 0.464 e. The summed E-state index contributed by atoms with van der Waals surface area (Å²) in [6.07, 6.45) is 0. The summed E-state index contributed by atoms with van der Waals surface area (Å²) in [6.45, 7) is 4.17. The summed E-state index contributed by atoms with van der Waals surface area (Å²) in [7, 11) is 3.42. The van der Waals surface area contributed by atoms with Crippen LogP contribution in [0.5, 0.6) is 0 Å². The maximum atomic E-state index is 11.9. The van der Waals surface area contributed by atoms with Crippen molar-refractivity contribution in [3.63, 3.8) is 0 Å². The Bertz CT molecular complexity index is 847.